The van der Waals surface area contributed by atoms with E-state index in [2.05, 4.69) is 17.3 Å². The summed E-state index contributed by atoms with van der Waals surface area (Å²) in [4.78, 5) is 2.26. The first-order valence-corrected chi connectivity index (χ1v) is 6.99. The van der Waals surface area contributed by atoms with Gasteiger partial charge in [-0.3, -0.25) is 0 Å². The number of anilines is 1. The molecule has 1 aromatic carbocycles. The van der Waals surface area contributed by atoms with Crippen molar-refractivity contribution >= 4 is 5.69 Å². The maximum Gasteiger partial charge on any atom is 0.416 e. The summed E-state index contributed by atoms with van der Waals surface area (Å²) in [6, 6.07) is 4.15. The molecule has 20 heavy (non-hydrogen) atoms. The lowest BCUT2D eigenvalue weighted by atomic mass is 10.1. The summed E-state index contributed by atoms with van der Waals surface area (Å²) in [5.41, 5.74) is 0.876. The van der Waals surface area contributed by atoms with Crippen molar-refractivity contribution in [1.82, 2.24) is 4.90 Å². The van der Waals surface area contributed by atoms with Crippen LogP contribution in [0.3, 0.4) is 0 Å². The van der Waals surface area contributed by atoms with Crippen LogP contribution in [-0.2, 0) is 6.18 Å². The Kier molecular flexibility index (Phi) is 4.58. The molecule has 1 unspecified atom stereocenters. The smallest absolute Gasteiger partial charge is 0.382 e. The molecule has 2 rings (SSSR count). The van der Waals surface area contributed by atoms with Crippen molar-refractivity contribution in [2.45, 2.75) is 38.4 Å². The van der Waals surface area contributed by atoms with E-state index < -0.39 is 11.7 Å². The van der Waals surface area contributed by atoms with Crippen LogP contribution in [0, 0.1) is 6.92 Å². The average Bonchev–Trinajstić information content (AvgIpc) is 2.56. The normalized spacial score (nSPS) is 21.6. The van der Waals surface area contributed by atoms with Crippen molar-refractivity contribution < 1.29 is 13.2 Å². The molecule has 1 heterocycles. The Morgan fingerprint density at radius 2 is 1.95 bits per heavy atom. The first kappa shape index (κ1) is 15.2. The molecule has 2 nitrogen and oxygen atoms in total. The quantitative estimate of drug-likeness (QED) is 0.886. The highest BCUT2D eigenvalue weighted by Crippen LogP contribution is 2.32. The lowest BCUT2D eigenvalue weighted by molar-refractivity contribution is -0.137. The molecule has 0 bridgehead atoms. The summed E-state index contributed by atoms with van der Waals surface area (Å²) < 4.78 is 38.3. The number of alkyl halides is 3. The third-order valence-electron chi connectivity index (χ3n) is 3.88. The Morgan fingerprint density at radius 3 is 2.65 bits per heavy atom. The number of halogens is 3. The Bertz CT molecular complexity index is 457. The highest BCUT2D eigenvalue weighted by atomic mass is 19.4. The molecule has 1 fully saturated rings. The minimum atomic E-state index is -4.28. The van der Waals surface area contributed by atoms with E-state index in [0.29, 0.717) is 5.69 Å². The number of hydrogen-bond acceptors (Lipinski definition) is 2. The van der Waals surface area contributed by atoms with E-state index in [1.165, 1.54) is 12.1 Å². The second kappa shape index (κ2) is 6.04. The largest absolute Gasteiger partial charge is 0.416 e. The third-order valence-corrected chi connectivity index (χ3v) is 3.88. The highest BCUT2D eigenvalue weighted by Gasteiger charge is 2.31. The van der Waals surface area contributed by atoms with Gasteiger partial charge in [0.2, 0.25) is 0 Å². The molecule has 1 N–H and O–H groups in total. The zero-order valence-electron chi connectivity index (χ0n) is 11.9. The summed E-state index contributed by atoms with van der Waals surface area (Å²) in [6.07, 6.45) is -1.24. The van der Waals surface area contributed by atoms with Crippen LogP contribution < -0.4 is 5.32 Å². The molecule has 1 atom stereocenters. The Hall–Kier alpha value is -1.23. The van der Waals surface area contributed by atoms with E-state index in [4.69, 9.17) is 0 Å². The molecule has 5 heteroatoms. The van der Waals surface area contributed by atoms with Crippen LogP contribution >= 0.6 is 0 Å². The maximum absolute atomic E-state index is 12.8. The topological polar surface area (TPSA) is 15.3 Å². The number of aryl methyl sites for hydroxylation is 1. The summed E-state index contributed by atoms with van der Waals surface area (Å²) in [5, 5.41) is 3.30. The first-order chi connectivity index (χ1) is 9.36. The van der Waals surface area contributed by atoms with Gasteiger partial charge in [-0.05, 0) is 64.0 Å². The van der Waals surface area contributed by atoms with Gasteiger partial charge in [-0.1, -0.05) is 6.07 Å². The Labute approximate surface area is 118 Å². The predicted molar refractivity (Wildman–Crippen MR) is 74.9 cm³/mol. The summed E-state index contributed by atoms with van der Waals surface area (Å²) in [6.45, 7) is 3.88. The lowest BCUT2D eigenvalue weighted by Crippen LogP contribution is -2.23. The van der Waals surface area contributed by atoms with Gasteiger partial charge in [-0.15, -0.1) is 0 Å². The van der Waals surface area contributed by atoms with Crippen LogP contribution in [0.15, 0.2) is 18.2 Å². The molecule has 0 radical (unpaired) electrons. The van der Waals surface area contributed by atoms with Gasteiger partial charge in [0.15, 0.2) is 0 Å². The second-order valence-electron chi connectivity index (χ2n) is 5.60. The maximum atomic E-state index is 12.8. The standard InChI is InChI=1S/C15H21F3N2/c1-11-5-6-12(15(16,17)18)10-14(11)19-13-4-3-8-20(2)9-7-13/h5-6,10,13,19H,3-4,7-9H2,1-2H3. The van der Waals surface area contributed by atoms with Gasteiger partial charge in [0.1, 0.15) is 0 Å². The minimum Gasteiger partial charge on any atom is -0.382 e. The third kappa shape index (κ3) is 3.88. The Morgan fingerprint density at radius 1 is 1.20 bits per heavy atom. The average molecular weight is 286 g/mol. The molecule has 1 aromatic rings. The molecule has 1 aliphatic heterocycles. The zero-order chi connectivity index (χ0) is 14.8. The van der Waals surface area contributed by atoms with Gasteiger partial charge in [-0.25, -0.2) is 0 Å². The monoisotopic (exact) mass is 286 g/mol. The molecule has 1 aliphatic rings. The molecule has 0 spiro atoms. The van der Waals surface area contributed by atoms with E-state index in [-0.39, 0.29) is 6.04 Å². The van der Waals surface area contributed by atoms with E-state index >= 15 is 0 Å². The van der Waals surface area contributed by atoms with Crippen molar-refractivity contribution in [2.24, 2.45) is 0 Å². The molecular weight excluding hydrogens is 265 g/mol. The molecule has 0 aliphatic carbocycles. The molecule has 112 valence electrons. The highest BCUT2D eigenvalue weighted by molar-refractivity contribution is 5.53. The van der Waals surface area contributed by atoms with E-state index in [0.717, 1.165) is 44.0 Å². The van der Waals surface area contributed by atoms with Gasteiger partial charge in [0.25, 0.3) is 0 Å². The number of nitrogens with zero attached hydrogens (tertiary/aromatic N) is 1. The first-order valence-electron chi connectivity index (χ1n) is 6.99. The van der Waals surface area contributed by atoms with Crippen LogP contribution in [0.2, 0.25) is 0 Å². The Balaban J connectivity index is 2.12. The number of nitrogens with one attached hydrogen (secondary N) is 1. The molecular formula is C15H21F3N2. The summed E-state index contributed by atoms with van der Waals surface area (Å²) >= 11 is 0. The molecule has 0 aromatic heterocycles. The number of benzene rings is 1. The van der Waals surface area contributed by atoms with E-state index in [1.54, 1.807) is 0 Å². The predicted octanol–water partition coefficient (Wildman–Crippen LogP) is 3.91. The fourth-order valence-electron chi connectivity index (χ4n) is 2.56. The summed E-state index contributed by atoms with van der Waals surface area (Å²) in [7, 11) is 2.08. The fourth-order valence-corrected chi connectivity index (χ4v) is 2.56. The zero-order valence-corrected chi connectivity index (χ0v) is 11.9. The van der Waals surface area contributed by atoms with Crippen LogP contribution in [0.1, 0.15) is 30.4 Å². The number of likely N-dealkylation sites (tertiary alicyclic amines) is 1. The van der Waals surface area contributed by atoms with Gasteiger partial charge in [-0.2, -0.15) is 13.2 Å². The van der Waals surface area contributed by atoms with Crippen molar-refractivity contribution in [3.05, 3.63) is 29.3 Å². The SMILES string of the molecule is Cc1ccc(C(F)(F)F)cc1NC1CCCN(C)CC1. The minimum absolute atomic E-state index is 0.252. The summed E-state index contributed by atoms with van der Waals surface area (Å²) in [5.74, 6) is 0. The van der Waals surface area contributed by atoms with Crippen LogP contribution in [0.5, 0.6) is 0 Å². The fraction of sp³-hybridized carbons (Fsp3) is 0.600. The van der Waals surface area contributed by atoms with Crippen molar-refractivity contribution in [1.29, 1.82) is 0 Å². The van der Waals surface area contributed by atoms with Gasteiger partial charge >= 0.3 is 6.18 Å². The van der Waals surface area contributed by atoms with Crippen molar-refractivity contribution in [3.63, 3.8) is 0 Å². The number of hydrogen-bond donors (Lipinski definition) is 1. The number of rotatable bonds is 2. The molecule has 1 saturated heterocycles. The van der Waals surface area contributed by atoms with Gasteiger partial charge in [0, 0.05) is 11.7 Å². The van der Waals surface area contributed by atoms with Gasteiger partial charge < -0.3 is 10.2 Å². The van der Waals surface area contributed by atoms with Gasteiger partial charge in [0.05, 0.1) is 5.56 Å². The molecule has 0 saturated carbocycles. The van der Waals surface area contributed by atoms with E-state index in [1.807, 2.05) is 6.92 Å². The molecule has 0 amide bonds. The van der Waals surface area contributed by atoms with Crippen LogP contribution in [0.25, 0.3) is 0 Å². The van der Waals surface area contributed by atoms with E-state index in [9.17, 15) is 13.2 Å². The second-order valence-corrected chi connectivity index (χ2v) is 5.60. The van der Waals surface area contributed by atoms with Crippen molar-refractivity contribution in [2.75, 3.05) is 25.5 Å². The van der Waals surface area contributed by atoms with Crippen molar-refractivity contribution in [3.8, 4) is 0 Å². The van der Waals surface area contributed by atoms with Crippen LogP contribution in [0.4, 0.5) is 18.9 Å². The van der Waals surface area contributed by atoms with Crippen LogP contribution in [-0.4, -0.2) is 31.1 Å². The lowest BCUT2D eigenvalue weighted by Gasteiger charge is -2.20.